The molecule has 1 N–H and O–H groups in total. The zero-order valence-electron chi connectivity index (χ0n) is 9.58. The largest absolute Gasteiger partial charge is 0.388 e. The van der Waals surface area contributed by atoms with Crippen molar-refractivity contribution in [3.63, 3.8) is 0 Å². The van der Waals surface area contributed by atoms with Crippen molar-refractivity contribution in [2.24, 2.45) is 5.92 Å². The molecule has 1 aromatic carbocycles. The Morgan fingerprint density at radius 2 is 2.00 bits per heavy atom. The zero-order valence-corrected chi connectivity index (χ0v) is 10.4. The highest BCUT2D eigenvalue weighted by Crippen LogP contribution is 2.48. The Bertz CT molecular complexity index is 417. The summed E-state index contributed by atoms with van der Waals surface area (Å²) in [7, 11) is 0. The van der Waals surface area contributed by atoms with Crippen LogP contribution in [0.1, 0.15) is 30.9 Å². The molecule has 1 aromatic rings. The molecule has 4 atom stereocenters. The third kappa shape index (κ3) is 2.02. The molecule has 2 heterocycles. The van der Waals surface area contributed by atoms with Crippen molar-refractivity contribution in [3.05, 3.63) is 35.9 Å². The van der Waals surface area contributed by atoms with E-state index in [-0.39, 0.29) is 11.7 Å². The molecule has 0 radical (unpaired) electrons. The van der Waals surface area contributed by atoms with Gasteiger partial charge in [0.25, 0.3) is 0 Å². The third-order valence-electron chi connectivity index (χ3n) is 3.82. The molecule has 0 saturated carbocycles. The predicted octanol–water partition coefficient (Wildman–Crippen LogP) is 2.57. The fourth-order valence-electron chi connectivity index (χ4n) is 2.95. The van der Waals surface area contributed by atoms with Crippen molar-refractivity contribution in [1.29, 1.82) is 0 Å². The molecule has 0 aliphatic carbocycles. The summed E-state index contributed by atoms with van der Waals surface area (Å²) in [5.41, 5.74) is 0.872. The van der Waals surface area contributed by atoms with Crippen molar-refractivity contribution >= 4 is 17.5 Å². The third-order valence-corrected chi connectivity index (χ3v) is 5.49. The molecule has 2 fully saturated rings. The van der Waals surface area contributed by atoms with Gasteiger partial charge in [-0.1, -0.05) is 30.3 Å². The van der Waals surface area contributed by atoms with Crippen LogP contribution in [-0.4, -0.2) is 21.4 Å². The number of fused-ring (bicyclic) bond motifs is 2. The molecule has 90 valence electrons. The lowest BCUT2D eigenvalue weighted by molar-refractivity contribution is -0.126. The van der Waals surface area contributed by atoms with Crippen LogP contribution in [0.15, 0.2) is 30.3 Å². The van der Waals surface area contributed by atoms with Gasteiger partial charge in [-0.25, -0.2) is 0 Å². The van der Waals surface area contributed by atoms with Gasteiger partial charge in [0.05, 0.1) is 12.0 Å². The molecular formula is C14H16O2S. The number of hydrogen-bond donors (Lipinski definition) is 1. The predicted molar refractivity (Wildman–Crippen MR) is 68.9 cm³/mol. The molecule has 0 spiro atoms. The van der Waals surface area contributed by atoms with Gasteiger partial charge >= 0.3 is 0 Å². The average molecular weight is 248 g/mol. The first-order chi connectivity index (χ1) is 8.25. The van der Waals surface area contributed by atoms with Gasteiger partial charge in [-0.2, -0.15) is 11.8 Å². The Balaban J connectivity index is 1.85. The number of rotatable bonds is 2. The lowest BCUT2D eigenvalue weighted by Gasteiger charge is -2.31. The summed E-state index contributed by atoms with van der Waals surface area (Å²) in [6.45, 7) is 0. The minimum Gasteiger partial charge on any atom is -0.388 e. The highest BCUT2D eigenvalue weighted by Gasteiger charge is 2.45. The van der Waals surface area contributed by atoms with E-state index in [9.17, 15) is 9.90 Å². The van der Waals surface area contributed by atoms with Crippen LogP contribution in [0.4, 0.5) is 0 Å². The average Bonchev–Trinajstić information content (AvgIpc) is 2.73. The SMILES string of the molecule is O=C1C[C@H]2CC[C@H](S2)[C@@H]1[C@H](O)c1ccccc1. The maximum Gasteiger partial charge on any atom is 0.141 e. The molecule has 0 amide bonds. The number of carbonyl (C=O) groups excluding carboxylic acids is 1. The van der Waals surface area contributed by atoms with Crippen molar-refractivity contribution in [3.8, 4) is 0 Å². The van der Waals surface area contributed by atoms with Gasteiger partial charge in [-0.15, -0.1) is 0 Å². The Labute approximate surface area is 105 Å². The molecular weight excluding hydrogens is 232 g/mol. The summed E-state index contributed by atoms with van der Waals surface area (Å²) >= 11 is 1.91. The van der Waals surface area contributed by atoms with Crippen molar-refractivity contribution in [2.45, 2.75) is 35.9 Å². The van der Waals surface area contributed by atoms with Crippen LogP contribution in [0.5, 0.6) is 0 Å². The van der Waals surface area contributed by atoms with E-state index in [4.69, 9.17) is 0 Å². The molecule has 2 bridgehead atoms. The minimum atomic E-state index is -0.625. The number of Topliss-reactive ketones (excluding diaryl/α,β-unsaturated/α-hetero) is 1. The van der Waals surface area contributed by atoms with Gasteiger partial charge < -0.3 is 5.11 Å². The molecule has 2 nitrogen and oxygen atoms in total. The smallest absolute Gasteiger partial charge is 0.141 e. The summed E-state index contributed by atoms with van der Waals surface area (Å²) in [6.07, 6.45) is 2.24. The van der Waals surface area contributed by atoms with Crippen molar-refractivity contribution < 1.29 is 9.90 Å². The van der Waals surface area contributed by atoms with Gasteiger partial charge in [-0.05, 0) is 18.4 Å². The number of benzene rings is 1. The van der Waals surface area contributed by atoms with E-state index < -0.39 is 6.10 Å². The maximum absolute atomic E-state index is 12.1. The Morgan fingerprint density at radius 3 is 2.76 bits per heavy atom. The number of carbonyl (C=O) groups is 1. The van der Waals surface area contributed by atoms with E-state index in [0.717, 1.165) is 18.4 Å². The van der Waals surface area contributed by atoms with Gasteiger partial charge in [0.2, 0.25) is 0 Å². The van der Waals surface area contributed by atoms with Crippen molar-refractivity contribution in [1.82, 2.24) is 0 Å². The number of aliphatic hydroxyl groups is 1. The zero-order chi connectivity index (χ0) is 11.8. The number of ketones is 1. The monoisotopic (exact) mass is 248 g/mol. The molecule has 2 saturated heterocycles. The van der Waals surface area contributed by atoms with Gasteiger partial charge in [0.1, 0.15) is 5.78 Å². The second-order valence-electron chi connectivity index (χ2n) is 4.93. The highest BCUT2D eigenvalue weighted by atomic mass is 32.2. The van der Waals surface area contributed by atoms with Crippen LogP contribution in [0, 0.1) is 5.92 Å². The summed E-state index contributed by atoms with van der Waals surface area (Å²) in [6, 6.07) is 9.57. The topological polar surface area (TPSA) is 37.3 Å². The summed E-state index contributed by atoms with van der Waals surface area (Å²) in [5.74, 6) is 0.0637. The van der Waals surface area contributed by atoms with E-state index in [1.165, 1.54) is 0 Å². The summed E-state index contributed by atoms with van der Waals surface area (Å²) < 4.78 is 0. The Kier molecular flexibility index (Phi) is 2.97. The second-order valence-corrected chi connectivity index (χ2v) is 6.47. The fourth-order valence-corrected chi connectivity index (χ4v) is 4.72. The quantitative estimate of drug-likeness (QED) is 0.874. The van der Waals surface area contributed by atoms with Gasteiger partial charge in [0.15, 0.2) is 0 Å². The molecule has 3 heteroatoms. The lowest BCUT2D eigenvalue weighted by atomic mass is 9.88. The van der Waals surface area contributed by atoms with E-state index >= 15 is 0 Å². The van der Waals surface area contributed by atoms with Crippen molar-refractivity contribution in [2.75, 3.05) is 0 Å². The molecule has 0 aromatic heterocycles. The Morgan fingerprint density at radius 1 is 1.24 bits per heavy atom. The molecule has 2 aliphatic heterocycles. The molecule has 17 heavy (non-hydrogen) atoms. The number of aliphatic hydroxyl groups excluding tert-OH is 1. The van der Waals surface area contributed by atoms with Crippen LogP contribution in [0.25, 0.3) is 0 Å². The standard InChI is InChI=1S/C14H16O2S/c15-11-8-10-6-7-12(17-10)13(11)14(16)9-4-2-1-3-5-9/h1-5,10,12-14,16H,6-8H2/t10-,12+,13-,14-/m1/s1. The molecule has 2 aliphatic rings. The van der Waals surface area contributed by atoms with E-state index in [1.54, 1.807) is 0 Å². The van der Waals surface area contributed by atoms with Crippen LogP contribution in [-0.2, 0) is 4.79 Å². The normalized spacial score (nSPS) is 33.7. The van der Waals surface area contributed by atoms with E-state index in [2.05, 4.69) is 0 Å². The van der Waals surface area contributed by atoms with Crippen LogP contribution >= 0.6 is 11.8 Å². The van der Waals surface area contributed by atoms with Gasteiger partial charge in [0, 0.05) is 16.9 Å². The maximum atomic E-state index is 12.1. The number of thioether (sulfide) groups is 1. The summed E-state index contributed by atoms with van der Waals surface area (Å²) in [4.78, 5) is 12.1. The first kappa shape index (κ1) is 11.3. The minimum absolute atomic E-state index is 0.193. The van der Waals surface area contributed by atoms with Crippen LogP contribution < -0.4 is 0 Å². The summed E-state index contributed by atoms with van der Waals surface area (Å²) in [5, 5.41) is 11.3. The van der Waals surface area contributed by atoms with Crippen LogP contribution in [0.3, 0.4) is 0 Å². The number of hydrogen-bond acceptors (Lipinski definition) is 3. The van der Waals surface area contributed by atoms with Gasteiger partial charge in [-0.3, -0.25) is 4.79 Å². The van der Waals surface area contributed by atoms with Crippen LogP contribution in [0.2, 0.25) is 0 Å². The highest BCUT2D eigenvalue weighted by molar-refractivity contribution is 8.00. The lowest BCUT2D eigenvalue weighted by Crippen LogP contribution is -2.34. The first-order valence-electron chi connectivity index (χ1n) is 6.17. The molecule has 3 rings (SSSR count). The second kappa shape index (κ2) is 4.46. The Hall–Kier alpha value is -0.800. The fraction of sp³-hybridized carbons (Fsp3) is 0.500. The van der Waals surface area contributed by atoms with E-state index in [1.807, 2.05) is 42.1 Å². The van der Waals surface area contributed by atoms with E-state index in [0.29, 0.717) is 16.9 Å². The first-order valence-corrected chi connectivity index (χ1v) is 7.11. The molecule has 0 unspecified atom stereocenters.